The molecule has 10 heteroatoms. The molecular formula is C2H11NO7P2. The highest BCUT2D eigenvalue weighted by Crippen LogP contribution is 2.38. The van der Waals surface area contributed by atoms with Gasteiger partial charge in [-0.3, -0.25) is 9.13 Å². The molecule has 0 spiro atoms. The molecule has 0 radical (unpaired) electrons. The fourth-order valence-corrected chi connectivity index (χ4v) is 0. The second-order valence-electron chi connectivity index (χ2n) is 1.60. The van der Waals surface area contributed by atoms with E-state index < -0.39 is 21.7 Å². The van der Waals surface area contributed by atoms with E-state index in [-0.39, 0.29) is 0 Å². The lowest BCUT2D eigenvalue weighted by atomic mass is 10.9. The molecule has 0 heterocycles. The van der Waals surface area contributed by atoms with E-state index in [0.717, 1.165) is 6.92 Å². The van der Waals surface area contributed by atoms with E-state index in [1.165, 1.54) is 0 Å². The molecule has 0 aliphatic heterocycles. The summed E-state index contributed by atoms with van der Waals surface area (Å²) in [5.41, 5.74) is 0. The predicted molar refractivity (Wildman–Crippen MR) is 40.2 cm³/mol. The molecule has 0 rings (SSSR count). The van der Waals surface area contributed by atoms with Crippen molar-refractivity contribution in [2.24, 2.45) is 5.90 Å². The maximum absolute atomic E-state index is 9.78. The van der Waals surface area contributed by atoms with Crippen molar-refractivity contribution in [1.29, 1.82) is 0 Å². The molecule has 8 nitrogen and oxygen atoms in total. The van der Waals surface area contributed by atoms with Crippen LogP contribution in [0.4, 0.5) is 0 Å². The van der Waals surface area contributed by atoms with Crippen LogP contribution in [0.1, 0.15) is 6.92 Å². The molecule has 0 aromatic carbocycles. The van der Waals surface area contributed by atoms with Crippen molar-refractivity contribution >= 4 is 15.9 Å². The molecule has 0 aliphatic carbocycles. The number of rotatable bonds is 2. The van der Waals surface area contributed by atoms with Gasteiger partial charge in [0.25, 0.3) is 0 Å². The standard InChI is InChI=1S/C2H7O4P.H4NO3P/c1-2(3)7(4,5)6;1-4-5(2)3/h2-3H,1H3,(H2,4,5,6);5H,1H2,(H,2,3). The topological polar surface area (TPSA) is 150 Å². The molecule has 76 valence electrons. The quantitative estimate of drug-likeness (QED) is 0.288. The molecule has 2 unspecified atom stereocenters. The summed E-state index contributed by atoms with van der Waals surface area (Å²) < 4.78 is 22.3. The van der Waals surface area contributed by atoms with Gasteiger partial charge in [-0.05, 0) is 6.92 Å². The van der Waals surface area contributed by atoms with Crippen molar-refractivity contribution < 1.29 is 33.5 Å². The molecule has 0 amide bonds. The van der Waals surface area contributed by atoms with Crippen LogP contribution in [0.2, 0.25) is 0 Å². The van der Waals surface area contributed by atoms with Gasteiger partial charge < -0.3 is 19.8 Å². The van der Waals surface area contributed by atoms with E-state index in [9.17, 15) is 9.13 Å². The number of hydrogen-bond acceptors (Lipinski definition) is 5. The highest BCUT2D eigenvalue weighted by atomic mass is 31.2. The molecular weight excluding hydrogens is 212 g/mol. The Bertz CT molecular complexity index is 174. The van der Waals surface area contributed by atoms with Gasteiger partial charge in [-0.2, -0.15) is 0 Å². The number of hydrogen-bond donors (Lipinski definition) is 5. The second-order valence-corrected chi connectivity index (χ2v) is 4.30. The Morgan fingerprint density at radius 2 is 1.75 bits per heavy atom. The van der Waals surface area contributed by atoms with Crippen LogP contribution >= 0.6 is 15.9 Å². The van der Waals surface area contributed by atoms with Gasteiger partial charge in [0.15, 0.2) is 5.85 Å². The number of aliphatic hydroxyl groups is 1. The first kappa shape index (κ1) is 14.7. The lowest BCUT2D eigenvalue weighted by Gasteiger charge is -2.03. The minimum absolute atomic E-state index is 1.04. The molecule has 0 bridgehead atoms. The lowest BCUT2D eigenvalue weighted by Crippen LogP contribution is -1.98. The van der Waals surface area contributed by atoms with Crippen LogP contribution in [0.25, 0.3) is 0 Å². The van der Waals surface area contributed by atoms with E-state index in [0.29, 0.717) is 0 Å². The third-order valence-corrected chi connectivity index (χ3v) is 1.76. The Balaban J connectivity index is 0. The molecule has 0 aliphatic rings. The van der Waals surface area contributed by atoms with Gasteiger partial charge >= 0.3 is 15.9 Å². The Morgan fingerprint density at radius 3 is 1.75 bits per heavy atom. The van der Waals surface area contributed by atoms with Gasteiger partial charge in [0.2, 0.25) is 0 Å². The predicted octanol–water partition coefficient (Wildman–Crippen LogP) is -1.24. The van der Waals surface area contributed by atoms with Crippen LogP contribution in [-0.2, 0) is 13.8 Å². The first-order chi connectivity index (χ1) is 5.21. The zero-order chi connectivity index (χ0) is 10.4. The van der Waals surface area contributed by atoms with E-state index in [4.69, 9.17) is 19.8 Å². The van der Waals surface area contributed by atoms with Gasteiger partial charge in [-0.25, -0.2) is 10.5 Å². The molecule has 0 aromatic heterocycles. The average Bonchev–Trinajstić information content (AvgIpc) is 1.87. The largest absolute Gasteiger partial charge is 0.381 e. The summed E-state index contributed by atoms with van der Waals surface area (Å²) in [4.78, 5) is 23.5. The Hall–Kier alpha value is 0.220. The van der Waals surface area contributed by atoms with Crippen molar-refractivity contribution in [3.8, 4) is 0 Å². The maximum atomic E-state index is 9.78. The Kier molecular flexibility index (Phi) is 8.23. The van der Waals surface area contributed by atoms with Gasteiger partial charge in [0.05, 0.1) is 0 Å². The monoisotopic (exact) mass is 223 g/mol. The summed E-state index contributed by atoms with van der Waals surface area (Å²) in [6.45, 7) is 1.04. The fraction of sp³-hybridized carbons (Fsp3) is 1.00. The van der Waals surface area contributed by atoms with Crippen LogP contribution in [0.5, 0.6) is 0 Å². The molecule has 0 saturated heterocycles. The van der Waals surface area contributed by atoms with Crippen LogP contribution in [0.3, 0.4) is 0 Å². The first-order valence-corrected chi connectivity index (χ1v) is 5.49. The van der Waals surface area contributed by atoms with Gasteiger partial charge in [-0.1, -0.05) is 0 Å². The molecule has 12 heavy (non-hydrogen) atoms. The maximum Gasteiger partial charge on any atom is 0.353 e. The van der Waals surface area contributed by atoms with E-state index in [1.807, 2.05) is 0 Å². The third kappa shape index (κ3) is 12.9. The smallest absolute Gasteiger partial charge is 0.353 e. The normalized spacial score (nSPS) is 15.8. The summed E-state index contributed by atoms with van der Waals surface area (Å²) in [5, 5.41) is 8.13. The van der Waals surface area contributed by atoms with Crippen molar-refractivity contribution in [3.05, 3.63) is 0 Å². The molecule has 6 N–H and O–H groups in total. The highest BCUT2D eigenvalue weighted by molar-refractivity contribution is 7.52. The Morgan fingerprint density at radius 1 is 1.58 bits per heavy atom. The Labute approximate surface area is 69.0 Å². The summed E-state index contributed by atoms with van der Waals surface area (Å²) in [5.74, 6) is 2.62. The average molecular weight is 223 g/mol. The third-order valence-electron chi connectivity index (χ3n) is 0.588. The zero-order valence-corrected chi connectivity index (χ0v) is 8.01. The number of aliphatic hydroxyl groups excluding tert-OH is 1. The summed E-state index contributed by atoms with van der Waals surface area (Å²) >= 11 is 0. The lowest BCUT2D eigenvalue weighted by molar-refractivity contribution is 0.218. The second kappa shape index (κ2) is 6.71. The van der Waals surface area contributed by atoms with Crippen molar-refractivity contribution in [1.82, 2.24) is 0 Å². The fourth-order valence-electron chi connectivity index (χ4n) is 0. The summed E-state index contributed by atoms with van der Waals surface area (Å²) in [7, 11) is -7.03. The SMILES string of the molecule is CC(O)P(=O)(O)O.NO[PH](=O)O. The summed E-state index contributed by atoms with van der Waals surface area (Å²) in [6.07, 6.45) is 0. The van der Waals surface area contributed by atoms with Crippen molar-refractivity contribution in [2.45, 2.75) is 12.8 Å². The van der Waals surface area contributed by atoms with Gasteiger partial charge in [0, 0.05) is 0 Å². The van der Waals surface area contributed by atoms with Crippen LogP contribution in [-0.4, -0.2) is 25.6 Å². The van der Waals surface area contributed by atoms with Crippen molar-refractivity contribution in [3.63, 3.8) is 0 Å². The first-order valence-electron chi connectivity index (χ1n) is 2.54. The van der Waals surface area contributed by atoms with Crippen molar-refractivity contribution in [2.75, 3.05) is 0 Å². The van der Waals surface area contributed by atoms with Crippen LogP contribution in [0.15, 0.2) is 0 Å². The van der Waals surface area contributed by atoms with Gasteiger partial charge in [-0.15, -0.1) is 0 Å². The summed E-state index contributed by atoms with van der Waals surface area (Å²) in [6, 6.07) is 0. The van der Waals surface area contributed by atoms with Crippen LogP contribution < -0.4 is 5.90 Å². The minimum Gasteiger partial charge on any atom is -0.381 e. The molecule has 0 aromatic rings. The molecule has 2 atom stereocenters. The molecule has 0 saturated carbocycles. The van der Waals surface area contributed by atoms with Gasteiger partial charge in [0.1, 0.15) is 0 Å². The minimum atomic E-state index is -4.18. The van der Waals surface area contributed by atoms with Crippen LogP contribution in [0, 0.1) is 0 Å². The van der Waals surface area contributed by atoms with E-state index in [2.05, 4.69) is 10.5 Å². The highest BCUT2D eigenvalue weighted by Gasteiger charge is 2.19. The zero-order valence-electron chi connectivity index (χ0n) is 6.12. The molecule has 0 fully saturated rings. The number of nitrogens with two attached hydrogens (primary N) is 1. The van der Waals surface area contributed by atoms with E-state index in [1.54, 1.807) is 0 Å². The van der Waals surface area contributed by atoms with E-state index >= 15 is 0 Å².